The molecule has 0 radical (unpaired) electrons. The topological polar surface area (TPSA) is 24.9 Å². The molecule has 0 amide bonds. The van der Waals surface area contributed by atoms with Crippen LogP contribution in [0.15, 0.2) is 29.6 Å². The molecule has 0 fully saturated rings. The molecule has 1 aromatic carbocycles. The molecule has 2 nitrogen and oxygen atoms in total. The fourth-order valence-corrected chi connectivity index (χ4v) is 2.33. The maximum absolute atomic E-state index is 12.8. The average molecular weight is 250 g/mol. The van der Waals surface area contributed by atoms with Crippen LogP contribution in [-0.4, -0.2) is 11.5 Å². The van der Waals surface area contributed by atoms with Gasteiger partial charge < -0.3 is 5.32 Å². The van der Waals surface area contributed by atoms with E-state index >= 15 is 0 Å². The third kappa shape index (κ3) is 3.35. The molecule has 1 heterocycles. The Hall–Kier alpha value is -1.26. The summed E-state index contributed by atoms with van der Waals surface area (Å²) in [5.74, 6) is -0.213. The standard InChI is InChI=1S/C13H15FN2S/c1-2-7-15-8-12-9-17-13(16-12)10-3-5-11(14)6-4-10/h3-6,9,15H,2,7-8H2,1H3. The summed E-state index contributed by atoms with van der Waals surface area (Å²) < 4.78 is 12.8. The van der Waals surface area contributed by atoms with Crippen LogP contribution in [0.3, 0.4) is 0 Å². The number of rotatable bonds is 5. The fraction of sp³-hybridized carbons (Fsp3) is 0.308. The number of thiazole rings is 1. The minimum Gasteiger partial charge on any atom is -0.311 e. The van der Waals surface area contributed by atoms with E-state index in [4.69, 9.17) is 0 Å². The smallest absolute Gasteiger partial charge is 0.123 e. The fourth-order valence-electron chi connectivity index (χ4n) is 1.51. The molecule has 1 N–H and O–H groups in total. The van der Waals surface area contributed by atoms with Crippen molar-refractivity contribution in [3.05, 3.63) is 41.2 Å². The zero-order chi connectivity index (χ0) is 12.1. The van der Waals surface area contributed by atoms with Crippen LogP contribution in [0.2, 0.25) is 0 Å². The van der Waals surface area contributed by atoms with E-state index in [0.717, 1.165) is 35.8 Å². The third-order valence-electron chi connectivity index (χ3n) is 2.38. The molecule has 0 bridgehead atoms. The van der Waals surface area contributed by atoms with Gasteiger partial charge in [0.25, 0.3) is 0 Å². The summed E-state index contributed by atoms with van der Waals surface area (Å²) in [6.07, 6.45) is 1.12. The lowest BCUT2D eigenvalue weighted by atomic mass is 10.2. The van der Waals surface area contributed by atoms with E-state index in [9.17, 15) is 4.39 Å². The van der Waals surface area contributed by atoms with E-state index < -0.39 is 0 Å². The molecule has 0 aliphatic carbocycles. The van der Waals surface area contributed by atoms with Gasteiger partial charge in [0.1, 0.15) is 10.8 Å². The van der Waals surface area contributed by atoms with Crippen molar-refractivity contribution in [2.24, 2.45) is 0 Å². The molecule has 0 unspecified atom stereocenters. The molecule has 0 saturated carbocycles. The van der Waals surface area contributed by atoms with Gasteiger partial charge in [-0.3, -0.25) is 0 Å². The second-order valence-corrected chi connectivity index (χ2v) is 4.69. The van der Waals surface area contributed by atoms with Crippen LogP contribution in [0.5, 0.6) is 0 Å². The molecule has 90 valence electrons. The molecule has 4 heteroatoms. The van der Waals surface area contributed by atoms with Crippen LogP contribution in [0.1, 0.15) is 19.0 Å². The normalized spacial score (nSPS) is 10.7. The molecule has 0 spiro atoms. The molecule has 0 aliphatic heterocycles. The van der Waals surface area contributed by atoms with Crippen molar-refractivity contribution in [1.29, 1.82) is 0 Å². The molecule has 0 saturated heterocycles. The van der Waals surface area contributed by atoms with Crippen LogP contribution in [0, 0.1) is 5.82 Å². The van der Waals surface area contributed by atoms with Gasteiger partial charge in [-0.2, -0.15) is 0 Å². The summed E-state index contributed by atoms with van der Waals surface area (Å²) in [6.45, 7) is 3.94. The van der Waals surface area contributed by atoms with Gasteiger partial charge in [0.2, 0.25) is 0 Å². The third-order valence-corrected chi connectivity index (χ3v) is 3.32. The first-order chi connectivity index (χ1) is 8.29. The van der Waals surface area contributed by atoms with E-state index in [1.807, 2.05) is 5.38 Å². The Morgan fingerprint density at radius 2 is 2.06 bits per heavy atom. The summed E-state index contributed by atoms with van der Waals surface area (Å²) in [5.41, 5.74) is 2.01. The highest BCUT2D eigenvalue weighted by molar-refractivity contribution is 7.13. The molecule has 17 heavy (non-hydrogen) atoms. The monoisotopic (exact) mass is 250 g/mol. The van der Waals surface area contributed by atoms with E-state index in [1.54, 1.807) is 23.5 Å². The maximum atomic E-state index is 12.8. The van der Waals surface area contributed by atoms with E-state index in [0.29, 0.717) is 0 Å². The van der Waals surface area contributed by atoms with Gasteiger partial charge in [-0.05, 0) is 37.2 Å². The highest BCUT2D eigenvalue weighted by atomic mass is 32.1. The minimum atomic E-state index is -0.213. The summed E-state index contributed by atoms with van der Waals surface area (Å²) in [7, 11) is 0. The Balaban J connectivity index is 2.04. The Morgan fingerprint density at radius 3 is 2.76 bits per heavy atom. The molecular formula is C13H15FN2S. The first kappa shape index (κ1) is 12.2. The van der Waals surface area contributed by atoms with Crippen molar-refractivity contribution in [2.45, 2.75) is 19.9 Å². The number of hydrogen-bond donors (Lipinski definition) is 1. The number of aromatic nitrogens is 1. The number of hydrogen-bond acceptors (Lipinski definition) is 3. The van der Waals surface area contributed by atoms with Crippen molar-refractivity contribution in [3.8, 4) is 10.6 Å². The number of halogens is 1. The van der Waals surface area contributed by atoms with Crippen molar-refractivity contribution in [3.63, 3.8) is 0 Å². The van der Waals surface area contributed by atoms with E-state index in [1.165, 1.54) is 12.1 Å². The van der Waals surface area contributed by atoms with Crippen LogP contribution in [0.4, 0.5) is 4.39 Å². The van der Waals surface area contributed by atoms with Crippen molar-refractivity contribution in [2.75, 3.05) is 6.54 Å². The Bertz CT molecular complexity index is 465. The quantitative estimate of drug-likeness (QED) is 0.822. The van der Waals surface area contributed by atoms with Crippen LogP contribution < -0.4 is 5.32 Å². The largest absolute Gasteiger partial charge is 0.311 e. The van der Waals surface area contributed by atoms with Gasteiger partial charge in [0.15, 0.2) is 0 Å². The number of nitrogens with one attached hydrogen (secondary N) is 1. The lowest BCUT2D eigenvalue weighted by Gasteiger charge is -1.98. The lowest BCUT2D eigenvalue weighted by Crippen LogP contribution is -2.13. The number of benzene rings is 1. The minimum absolute atomic E-state index is 0.213. The first-order valence-electron chi connectivity index (χ1n) is 5.70. The van der Waals surface area contributed by atoms with Crippen LogP contribution in [-0.2, 0) is 6.54 Å². The molecule has 0 aliphatic rings. The van der Waals surface area contributed by atoms with Crippen molar-refractivity contribution >= 4 is 11.3 Å². The summed E-state index contributed by atoms with van der Waals surface area (Å²) in [4.78, 5) is 4.52. The Labute approximate surface area is 105 Å². The van der Waals surface area contributed by atoms with Crippen LogP contribution >= 0.6 is 11.3 Å². The van der Waals surface area contributed by atoms with Gasteiger partial charge in [-0.1, -0.05) is 6.92 Å². The maximum Gasteiger partial charge on any atom is 0.123 e. The zero-order valence-electron chi connectivity index (χ0n) is 9.74. The highest BCUT2D eigenvalue weighted by Gasteiger charge is 2.04. The van der Waals surface area contributed by atoms with Gasteiger partial charge in [-0.25, -0.2) is 9.37 Å². The Kier molecular flexibility index (Phi) is 4.23. The van der Waals surface area contributed by atoms with Gasteiger partial charge in [0, 0.05) is 17.5 Å². The van der Waals surface area contributed by atoms with E-state index in [2.05, 4.69) is 17.2 Å². The Morgan fingerprint density at radius 1 is 1.29 bits per heavy atom. The molecule has 0 atom stereocenters. The molecule has 2 aromatic rings. The second-order valence-electron chi connectivity index (χ2n) is 3.83. The lowest BCUT2D eigenvalue weighted by molar-refractivity contribution is 0.628. The number of nitrogens with zero attached hydrogens (tertiary/aromatic N) is 1. The predicted octanol–water partition coefficient (Wildman–Crippen LogP) is 3.45. The van der Waals surface area contributed by atoms with Gasteiger partial charge in [0.05, 0.1) is 5.69 Å². The van der Waals surface area contributed by atoms with Crippen LogP contribution in [0.25, 0.3) is 10.6 Å². The summed E-state index contributed by atoms with van der Waals surface area (Å²) >= 11 is 1.59. The highest BCUT2D eigenvalue weighted by Crippen LogP contribution is 2.23. The average Bonchev–Trinajstić information content (AvgIpc) is 2.79. The van der Waals surface area contributed by atoms with E-state index in [-0.39, 0.29) is 5.82 Å². The summed E-state index contributed by atoms with van der Waals surface area (Å²) in [5, 5.41) is 6.30. The van der Waals surface area contributed by atoms with Gasteiger partial charge >= 0.3 is 0 Å². The molecular weight excluding hydrogens is 235 g/mol. The first-order valence-corrected chi connectivity index (χ1v) is 6.58. The summed E-state index contributed by atoms with van der Waals surface area (Å²) in [6, 6.07) is 6.45. The second kappa shape index (κ2) is 5.89. The van der Waals surface area contributed by atoms with Crippen molar-refractivity contribution < 1.29 is 4.39 Å². The predicted molar refractivity (Wildman–Crippen MR) is 69.5 cm³/mol. The molecule has 2 rings (SSSR count). The van der Waals surface area contributed by atoms with Gasteiger partial charge in [-0.15, -0.1) is 11.3 Å². The zero-order valence-corrected chi connectivity index (χ0v) is 10.6. The van der Waals surface area contributed by atoms with Crippen molar-refractivity contribution in [1.82, 2.24) is 10.3 Å². The SMILES string of the molecule is CCCNCc1csc(-c2ccc(F)cc2)n1. The molecule has 1 aromatic heterocycles.